The lowest BCUT2D eigenvalue weighted by Gasteiger charge is -2.29. The van der Waals surface area contributed by atoms with E-state index in [9.17, 15) is 9.90 Å². The maximum absolute atomic E-state index is 11.0. The van der Waals surface area contributed by atoms with Gasteiger partial charge in [-0.2, -0.15) is 0 Å². The first-order chi connectivity index (χ1) is 6.65. The van der Waals surface area contributed by atoms with Crippen LogP contribution in [0.15, 0.2) is 0 Å². The lowest BCUT2D eigenvalue weighted by atomic mass is 9.76. The molecule has 0 aliphatic heterocycles. The molecule has 0 amide bonds. The van der Waals surface area contributed by atoms with Gasteiger partial charge in [-0.25, -0.2) is 0 Å². The Morgan fingerprint density at radius 1 is 1.43 bits per heavy atom. The van der Waals surface area contributed by atoms with Crippen LogP contribution in [0.4, 0.5) is 0 Å². The van der Waals surface area contributed by atoms with Gasteiger partial charge < -0.3 is 10.2 Å². The number of aliphatic carboxylic acids is 1. The minimum absolute atomic E-state index is 0.191. The quantitative estimate of drug-likeness (QED) is 0.730. The van der Waals surface area contributed by atoms with Gasteiger partial charge in [0, 0.05) is 0 Å². The lowest BCUT2D eigenvalue weighted by Crippen LogP contribution is -2.29. The molecule has 0 saturated heterocycles. The molecule has 1 aliphatic rings. The Morgan fingerprint density at radius 3 is 2.64 bits per heavy atom. The Kier molecular flexibility index (Phi) is 4.39. The fraction of sp³-hybridized carbons (Fsp3) is 0.909. The zero-order valence-corrected chi connectivity index (χ0v) is 8.78. The van der Waals surface area contributed by atoms with Gasteiger partial charge in [-0.1, -0.05) is 19.8 Å². The number of hydrogen-bond acceptors (Lipinski definition) is 2. The first kappa shape index (κ1) is 11.5. The number of carboxylic acids is 1. The number of aliphatic hydroxyl groups is 1. The highest BCUT2D eigenvalue weighted by Gasteiger charge is 2.31. The van der Waals surface area contributed by atoms with Gasteiger partial charge in [-0.05, 0) is 31.6 Å². The Bertz CT molecular complexity index is 191. The molecule has 0 aromatic rings. The van der Waals surface area contributed by atoms with Crippen molar-refractivity contribution in [3.63, 3.8) is 0 Å². The number of carbonyl (C=O) groups is 1. The molecule has 0 aromatic heterocycles. The Hall–Kier alpha value is -0.570. The third-order valence-electron chi connectivity index (χ3n) is 3.27. The van der Waals surface area contributed by atoms with Gasteiger partial charge in [0.2, 0.25) is 0 Å². The fourth-order valence-electron chi connectivity index (χ4n) is 2.33. The van der Waals surface area contributed by atoms with E-state index in [1.165, 1.54) is 0 Å². The van der Waals surface area contributed by atoms with Gasteiger partial charge in [-0.15, -0.1) is 0 Å². The highest BCUT2D eigenvalue weighted by Crippen LogP contribution is 2.33. The summed E-state index contributed by atoms with van der Waals surface area (Å²) in [5.41, 5.74) is 0. The van der Waals surface area contributed by atoms with Gasteiger partial charge in [0.25, 0.3) is 0 Å². The summed E-state index contributed by atoms with van der Waals surface area (Å²) < 4.78 is 0. The van der Waals surface area contributed by atoms with E-state index in [0.717, 1.165) is 32.1 Å². The molecule has 1 fully saturated rings. The third-order valence-corrected chi connectivity index (χ3v) is 3.27. The normalized spacial score (nSPS) is 29.9. The summed E-state index contributed by atoms with van der Waals surface area (Å²) in [6, 6.07) is 0. The van der Waals surface area contributed by atoms with E-state index in [2.05, 4.69) is 0 Å². The average molecular weight is 200 g/mol. The van der Waals surface area contributed by atoms with E-state index in [1.807, 2.05) is 6.92 Å². The molecule has 3 nitrogen and oxygen atoms in total. The molecule has 2 N–H and O–H groups in total. The van der Waals surface area contributed by atoms with Gasteiger partial charge in [0.15, 0.2) is 0 Å². The summed E-state index contributed by atoms with van der Waals surface area (Å²) in [5, 5.41) is 18.5. The molecule has 1 rings (SSSR count). The van der Waals surface area contributed by atoms with Crippen molar-refractivity contribution >= 4 is 5.97 Å². The van der Waals surface area contributed by atoms with Crippen molar-refractivity contribution < 1.29 is 15.0 Å². The second-order valence-corrected chi connectivity index (χ2v) is 4.29. The number of carboxylic acid groups (broad SMARTS) is 1. The standard InChI is InChI=1S/C11H20O3/c1-2-9(12)7-8-5-3-4-6-10(8)11(13)14/h8-10,12H,2-7H2,1H3,(H,13,14). The van der Waals surface area contributed by atoms with E-state index in [-0.39, 0.29) is 17.9 Å². The first-order valence-electron chi connectivity index (χ1n) is 5.56. The van der Waals surface area contributed by atoms with Crippen molar-refractivity contribution in [1.29, 1.82) is 0 Å². The molecule has 0 heterocycles. The van der Waals surface area contributed by atoms with Crippen LogP contribution < -0.4 is 0 Å². The molecule has 1 saturated carbocycles. The molecule has 3 heteroatoms. The van der Waals surface area contributed by atoms with Crippen molar-refractivity contribution in [2.24, 2.45) is 11.8 Å². The highest BCUT2D eigenvalue weighted by atomic mass is 16.4. The summed E-state index contributed by atoms with van der Waals surface area (Å²) in [6.45, 7) is 1.93. The van der Waals surface area contributed by atoms with E-state index in [1.54, 1.807) is 0 Å². The molecule has 0 bridgehead atoms. The lowest BCUT2D eigenvalue weighted by molar-refractivity contribution is -0.145. The van der Waals surface area contributed by atoms with E-state index in [0.29, 0.717) is 6.42 Å². The van der Waals surface area contributed by atoms with E-state index in [4.69, 9.17) is 5.11 Å². The van der Waals surface area contributed by atoms with E-state index >= 15 is 0 Å². The second-order valence-electron chi connectivity index (χ2n) is 4.29. The molecular formula is C11H20O3. The first-order valence-corrected chi connectivity index (χ1v) is 5.56. The number of rotatable bonds is 4. The van der Waals surface area contributed by atoms with Crippen molar-refractivity contribution in [2.45, 2.75) is 51.6 Å². The number of aliphatic hydroxyl groups excluding tert-OH is 1. The van der Waals surface area contributed by atoms with Crippen molar-refractivity contribution in [3.8, 4) is 0 Å². The molecular weight excluding hydrogens is 180 g/mol. The summed E-state index contributed by atoms with van der Waals surface area (Å²) in [7, 11) is 0. The molecule has 0 spiro atoms. The Labute approximate surface area is 85.1 Å². The van der Waals surface area contributed by atoms with Crippen LogP contribution in [0.2, 0.25) is 0 Å². The second kappa shape index (κ2) is 5.35. The smallest absolute Gasteiger partial charge is 0.306 e. The van der Waals surface area contributed by atoms with Crippen molar-refractivity contribution in [3.05, 3.63) is 0 Å². The molecule has 14 heavy (non-hydrogen) atoms. The molecule has 0 radical (unpaired) electrons. The molecule has 3 atom stereocenters. The molecule has 1 aliphatic carbocycles. The molecule has 0 aromatic carbocycles. The minimum Gasteiger partial charge on any atom is -0.481 e. The largest absolute Gasteiger partial charge is 0.481 e. The summed E-state index contributed by atoms with van der Waals surface area (Å²) in [4.78, 5) is 11.0. The van der Waals surface area contributed by atoms with Crippen LogP contribution in [0.3, 0.4) is 0 Å². The van der Waals surface area contributed by atoms with Crippen LogP contribution >= 0.6 is 0 Å². The molecule has 82 valence electrons. The predicted molar refractivity (Wildman–Crippen MR) is 54.0 cm³/mol. The van der Waals surface area contributed by atoms with Gasteiger partial charge in [0.05, 0.1) is 12.0 Å². The zero-order valence-electron chi connectivity index (χ0n) is 8.78. The van der Waals surface area contributed by atoms with Crippen LogP contribution in [-0.2, 0) is 4.79 Å². The SMILES string of the molecule is CCC(O)CC1CCCCC1C(=O)O. The Morgan fingerprint density at radius 2 is 2.07 bits per heavy atom. The predicted octanol–water partition coefficient (Wildman–Crippen LogP) is 2.04. The van der Waals surface area contributed by atoms with Crippen LogP contribution in [0, 0.1) is 11.8 Å². The average Bonchev–Trinajstić information content (AvgIpc) is 2.18. The van der Waals surface area contributed by atoms with Gasteiger partial charge >= 0.3 is 5.97 Å². The van der Waals surface area contributed by atoms with Gasteiger partial charge in [0.1, 0.15) is 0 Å². The third kappa shape index (κ3) is 2.98. The van der Waals surface area contributed by atoms with Crippen molar-refractivity contribution in [1.82, 2.24) is 0 Å². The molecule has 3 unspecified atom stereocenters. The van der Waals surface area contributed by atoms with Gasteiger partial charge in [-0.3, -0.25) is 4.79 Å². The monoisotopic (exact) mass is 200 g/mol. The maximum Gasteiger partial charge on any atom is 0.306 e. The Balaban J connectivity index is 2.49. The summed E-state index contributed by atoms with van der Waals surface area (Å²) in [6.07, 6.45) is 4.96. The zero-order chi connectivity index (χ0) is 10.6. The van der Waals surface area contributed by atoms with Crippen molar-refractivity contribution in [2.75, 3.05) is 0 Å². The van der Waals surface area contributed by atoms with Crippen LogP contribution in [-0.4, -0.2) is 22.3 Å². The minimum atomic E-state index is -0.682. The van der Waals surface area contributed by atoms with Crippen LogP contribution in [0.25, 0.3) is 0 Å². The number of hydrogen-bond donors (Lipinski definition) is 2. The van der Waals surface area contributed by atoms with Crippen LogP contribution in [0.5, 0.6) is 0 Å². The van der Waals surface area contributed by atoms with Crippen LogP contribution in [0.1, 0.15) is 45.4 Å². The van der Waals surface area contributed by atoms with E-state index < -0.39 is 5.97 Å². The summed E-state index contributed by atoms with van der Waals surface area (Å²) in [5.74, 6) is -0.709. The maximum atomic E-state index is 11.0. The highest BCUT2D eigenvalue weighted by molar-refractivity contribution is 5.70. The topological polar surface area (TPSA) is 57.5 Å². The summed E-state index contributed by atoms with van der Waals surface area (Å²) >= 11 is 0. The fourth-order valence-corrected chi connectivity index (χ4v) is 2.33.